The lowest BCUT2D eigenvalue weighted by molar-refractivity contribution is 1.30. The number of hydrogen-bond donors (Lipinski definition) is 0. The van der Waals surface area contributed by atoms with Crippen molar-refractivity contribution in [3.05, 3.63) is 176 Å². The molecular formula is C44H29NS. The Morgan fingerprint density at radius 2 is 0.957 bits per heavy atom. The Labute approximate surface area is 272 Å². The first kappa shape index (κ1) is 26.7. The van der Waals surface area contributed by atoms with Gasteiger partial charge in [0.2, 0.25) is 0 Å². The number of fused-ring (bicyclic) bond motifs is 6. The first-order valence-corrected chi connectivity index (χ1v) is 16.5. The third-order valence-corrected chi connectivity index (χ3v) is 10.2. The van der Waals surface area contributed by atoms with Gasteiger partial charge < -0.3 is 4.90 Å². The lowest BCUT2D eigenvalue weighted by Gasteiger charge is -2.27. The highest BCUT2D eigenvalue weighted by Crippen LogP contribution is 2.44. The van der Waals surface area contributed by atoms with E-state index in [0.717, 1.165) is 17.1 Å². The zero-order valence-electron chi connectivity index (χ0n) is 25.1. The third-order valence-electron chi connectivity index (χ3n) is 9.06. The van der Waals surface area contributed by atoms with E-state index in [1.807, 2.05) is 11.3 Å². The average Bonchev–Trinajstić information content (AvgIpc) is 3.52. The number of rotatable bonds is 5. The molecule has 1 nitrogen and oxygen atoms in total. The van der Waals surface area contributed by atoms with Crippen LogP contribution in [0.3, 0.4) is 0 Å². The second-order valence-electron chi connectivity index (χ2n) is 11.7. The van der Waals surface area contributed by atoms with E-state index in [1.165, 1.54) is 64.0 Å². The predicted octanol–water partition coefficient (Wildman–Crippen LogP) is 13.2. The molecule has 0 aliphatic rings. The van der Waals surface area contributed by atoms with Crippen molar-refractivity contribution in [1.82, 2.24) is 0 Å². The van der Waals surface area contributed by atoms with Gasteiger partial charge in [0.05, 0.1) is 5.69 Å². The van der Waals surface area contributed by atoms with Gasteiger partial charge in [-0.15, -0.1) is 11.3 Å². The van der Waals surface area contributed by atoms with E-state index in [-0.39, 0.29) is 0 Å². The summed E-state index contributed by atoms with van der Waals surface area (Å²) < 4.78 is 2.66. The second-order valence-corrected chi connectivity index (χ2v) is 12.8. The van der Waals surface area contributed by atoms with Gasteiger partial charge in [-0.25, -0.2) is 0 Å². The highest BCUT2D eigenvalue weighted by Gasteiger charge is 2.17. The van der Waals surface area contributed by atoms with Crippen molar-refractivity contribution in [1.29, 1.82) is 0 Å². The summed E-state index contributed by atoms with van der Waals surface area (Å²) in [7, 11) is 0. The SMILES string of the molecule is c1ccc(-c2ccc(N(c3ccc(-c4cccc5ccc6sc7ccccc7c6c45)cc3)c3cccc4ccccc34)cc2)cc1. The van der Waals surface area contributed by atoms with Crippen molar-refractivity contribution in [2.45, 2.75) is 0 Å². The molecule has 9 rings (SSSR count). The Morgan fingerprint density at radius 1 is 0.348 bits per heavy atom. The molecule has 0 unspecified atom stereocenters. The highest BCUT2D eigenvalue weighted by molar-refractivity contribution is 7.26. The monoisotopic (exact) mass is 603 g/mol. The van der Waals surface area contributed by atoms with Crippen LogP contribution in [0.25, 0.3) is 64.0 Å². The minimum Gasteiger partial charge on any atom is -0.310 e. The van der Waals surface area contributed by atoms with Crippen LogP contribution in [0.5, 0.6) is 0 Å². The first-order valence-electron chi connectivity index (χ1n) is 15.7. The quantitative estimate of drug-likeness (QED) is 0.189. The Balaban J connectivity index is 1.20. The normalized spacial score (nSPS) is 11.5. The molecule has 0 N–H and O–H groups in total. The largest absolute Gasteiger partial charge is 0.310 e. The fraction of sp³-hybridized carbons (Fsp3) is 0. The van der Waals surface area contributed by atoms with Crippen LogP contribution >= 0.6 is 11.3 Å². The van der Waals surface area contributed by atoms with Crippen LogP contribution in [-0.4, -0.2) is 0 Å². The van der Waals surface area contributed by atoms with E-state index in [4.69, 9.17) is 0 Å². The molecular weight excluding hydrogens is 575 g/mol. The number of hydrogen-bond acceptors (Lipinski definition) is 2. The first-order chi connectivity index (χ1) is 22.8. The smallest absolute Gasteiger partial charge is 0.0540 e. The van der Waals surface area contributed by atoms with E-state index < -0.39 is 0 Å². The highest BCUT2D eigenvalue weighted by atomic mass is 32.1. The maximum Gasteiger partial charge on any atom is 0.0540 e. The van der Waals surface area contributed by atoms with Gasteiger partial charge in [0.15, 0.2) is 0 Å². The molecule has 0 amide bonds. The fourth-order valence-electron chi connectivity index (χ4n) is 6.89. The molecule has 0 saturated carbocycles. The molecule has 1 heterocycles. The maximum atomic E-state index is 2.38. The molecule has 0 bridgehead atoms. The molecule has 46 heavy (non-hydrogen) atoms. The standard InChI is InChI=1S/C44H29NS/c1-2-10-30(11-3-1)31-20-25-35(26-21-31)45(40-18-9-13-32-12-4-5-15-37(32)40)36-27-22-33(23-28-36)38-17-8-14-34-24-29-42-44(43(34)38)39-16-6-7-19-41(39)46-42/h1-29H. The van der Waals surface area contributed by atoms with E-state index >= 15 is 0 Å². The molecule has 9 aromatic rings. The predicted molar refractivity (Wildman–Crippen MR) is 200 cm³/mol. The van der Waals surface area contributed by atoms with Crippen molar-refractivity contribution in [3.63, 3.8) is 0 Å². The van der Waals surface area contributed by atoms with Gasteiger partial charge in [0.25, 0.3) is 0 Å². The molecule has 216 valence electrons. The van der Waals surface area contributed by atoms with Crippen molar-refractivity contribution >= 4 is 70.1 Å². The van der Waals surface area contributed by atoms with Gasteiger partial charge in [-0.2, -0.15) is 0 Å². The molecule has 0 aliphatic carbocycles. The van der Waals surface area contributed by atoms with Crippen molar-refractivity contribution in [2.24, 2.45) is 0 Å². The summed E-state index contributed by atoms with van der Waals surface area (Å²) in [5, 5.41) is 7.74. The van der Waals surface area contributed by atoms with Crippen molar-refractivity contribution in [3.8, 4) is 22.3 Å². The van der Waals surface area contributed by atoms with Gasteiger partial charge in [0.1, 0.15) is 0 Å². The van der Waals surface area contributed by atoms with Crippen LogP contribution in [0.2, 0.25) is 0 Å². The summed E-state index contributed by atoms with van der Waals surface area (Å²) in [5.74, 6) is 0. The summed E-state index contributed by atoms with van der Waals surface area (Å²) in [4.78, 5) is 2.38. The van der Waals surface area contributed by atoms with Gasteiger partial charge in [0, 0.05) is 36.9 Å². The fourth-order valence-corrected chi connectivity index (χ4v) is 8.00. The molecule has 0 fully saturated rings. The van der Waals surface area contributed by atoms with Crippen LogP contribution < -0.4 is 4.90 Å². The topological polar surface area (TPSA) is 3.24 Å². The Morgan fingerprint density at radius 3 is 1.76 bits per heavy atom. The minimum atomic E-state index is 1.12. The van der Waals surface area contributed by atoms with E-state index in [9.17, 15) is 0 Å². The van der Waals surface area contributed by atoms with Gasteiger partial charge in [-0.3, -0.25) is 0 Å². The lowest BCUT2D eigenvalue weighted by atomic mass is 9.94. The van der Waals surface area contributed by atoms with Gasteiger partial charge >= 0.3 is 0 Å². The Bertz CT molecular complexity index is 2500. The lowest BCUT2D eigenvalue weighted by Crippen LogP contribution is -2.10. The molecule has 0 atom stereocenters. The van der Waals surface area contributed by atoms with Crippen LogP contribution in [0.1, 0.15) is 0 Å². The molecule has 1 aromatic heterocycles. The zero-order valence-corrected chi connectivity index (χ0v) is 25.9. The molecule has 8 aromatic carbocycles. The third kappa shape index (κ3) is 4.46. The second kappa shape index (κ2) is 11.0. The zero-order chi connectivity index (χ0) is 30.5. The van der Waals surface area contributed by atoms with E-state index in [0.29, 0.717) is 0 Å². The van der Waals surface area contributed by atoms with Crippen LogP contribution in [0, 0.1) is 0 Å². The van der Waals surface area contributed by atoms with Gasteiger partial charge in [-0.1, -0.05) is 133 Å². The Hall–Kier alpha value is -5.70. The molecule has 0 saturated heterocycles. The number of benzene rings is 8. The van der Waals surface area contributed by atoms with Crippen LogP contribution in [-0.2, 0) is 0 Å². The molecule has 0 aliphatic heterocycles. The molecule has 0 spiro atoms. The summed E-state index contributed by atoms with van der Waals surface area (Å²) >= 11 is 1.88. The van der Waals surface area contributed by atoms with E-state index in [2.05, 4.69) is 181 Å². The van der Waals surface area contributed by atoms with Crippen LogP contribution in [0.15, 0.2) is 176 Å². The van der Waals surface area contributed by atoms with Gasteiger partial charge in [-0.05, 0) is 80.9 Å². The molecule has 0 radical (unpaired) electrons. The van der Waals surface area contributed by atoms with Crippen LogP contribution in [0.4, 0.5) is 17.1 Å². The van der Waals surface area contributed by atoms with E-state index in [1.54, 1.807) is 0 Å². The maximum absolute atomic E-state index is 2.38. The number of nitrogens with zero attached hydrogens (tertiary/aromatic N) is 1. The molecule has 2 heteroatoms. The summed E-state index contributed by atoms with van der Waals surface area (Å²) in [6.45, 7) is 0. The number of anilines is 3. The van der Waals surface area contributed by atoms with Crippen molar-refractivity contribution < 1.29 is 0 Å². The minimum absolute atomic E-state index is 1.12. The summed E-state index contributed by atoms with van der Waals surface area (Å²) in [6.07, 6.45) is 0. The summed E-state index contributed by atoms with van der Waals surface area (Å²) in [5.41, 5.74) is 8.32. The van der Waals surface area contributed by atoms with Crippen molar-refractivity contribution in [2.75, 3.05) is 4.90 Å². The summed E-state index contributed by atoms with van der Waals surface area (Å²) in [6, 6.07) is 63.8. The average molecular weight is 604 g/mol. The number of thiophene rings is 1. The Kier molecular flexibility index (Phi) is 6.40.